The summed E-state index contributed by atoms with van der Waals surface area (Å²) < 4.78 is 5.46. The summed E-state index contributed by atoms with van der Waals surface area (Å²) in [6.45, 7) is 4.86. The van der Waals surface area contributed by atoms with Crippen LogP contribution in [-0.4, -0.2) is 47.4 Å². The van der Waals surface area contributed by atoms with Gasteiger partial charge in [0.05, 0.1) is 25.4 Å². The SMILES string of the molecule is CCCCCC/C=C\C/C=C\CCCCCCCCCC(=O)OCCCCCC/C=C\CCCC(=O)NC(CO)C(O)CCCCCCCCCCCCCCCCCCCCCCCCCCC. The van der Waals surface area contributed by atoms with Gasteiger partial charge in [0.2, 0.25) is 5.91 Å². The van der Waals surface area contributed by atoms with Crippen LogP contribution in [0.4, 0.5) is 0 Å². The van der Waals surface area contributed by atoms with Crippen molar-refractivity contribution in [1.29, 1.82) is 0 Å². The second-order valence-corrected chi connectivity index (χ2v) is 21.0. The normalized spacial score (nSPS) is 12.8. The zero-order chi connectivity index (χ0) is 50.0. The smallest absolute Gasteiger partial charge is 0.305 e. The zero-order valence-electron chi connectivity index (χ0n) is 46.3. The fourth-order valence-electron chi connectivity index (χ4n) is 9.44. The highest BCUT2D eigenvalue weighted by Crippen LogP contribution is 2.18. The summed E-state index contributed by atoms with van der Waals surface area (Å²) in [6, 6.07) is -0.582. The molecule has 2 atom stereocenters. The topological polar surface area (TPSA) is 95.9 Å². The van der Waals surface area contributed by atoms with E-state index in [0.29, 0.717) is 25.9 Å². The standard InChI is InChI=1S/C63H119NO5/c1-3-5-7-9-11-13-15-17-19-21-23-24-25-26-27-28-29-30-32-34-36-39-43-47-51-55-61(66)60(59-65)64-62(67)56-52-48-44-40-38-42-46-50-54-58-69-63(68)57-53-49-45-41-37-35-33-31-22-20-18-16-14-12-10-8-6-4-2/h14,16,20,22,40,44,60-61,65-66H,3-13,15,17-19,21,23-39,41-43,45-59H2,1-2H3,(H,64,67)/b16-14-,22-20-,44-40-. The second kappa shape index (κ2) is 58.6. The average molecular weight is 971 g/mol. The predicted molar refractivity (Wildman–Crippen MR) is 301 cm³/mol. The number of aliphatic hydroxyl groups excluding tert-OH is 2. The Kier molecular flexibility index (Phi) is 57.0. The van der Waals surface area contributed by atoms with E-state index >= 15 is 0 Å². The van der Waals surface area contributed by atoms with Gasteiger partial charge in [-0.15, -0.1) is 0 Å². The van der Waals surface area contributed by atoms with Crippen LogP contribution < -0.4 is 5.32 Å². The minimum absolute atomic E-state index is 0.0421. The maximum Gasteiger partial charge on any atom is 0.305 e. The maximum absolute atomic E-state index is 12.5. The number of allylic oxidation sites excluding steroid dienone is 6. The lowest BCUT2D eigenvalue weighted by Gasteiger charge is -2.22. The van der Waals surface area contributed by atoms with Crippen molar-refractivity contribution in [3.63, 3.8) is 0 Å². The molecule has 6 nitrogen and oxygen atoms in total. The Balaban J connectivity index is 3.51. The van der Waals surface area contributed by atoms with E-state index in [1.54, 1.807) is 0 Å². The molecule has 0 saturated heterocycles. The van der Waals surface area contributed by atoms with Gasteiger partial charge in [-0.25, -0.2) is 0 Å². The third-order valence-electron chi connectivity index (χ3n) is 14.2. The van der Waals surface area contributed by atoms with Gasteiger partial charge in [0.1, 0.15) is 0 Å². The molecule has 1 amide bonds. The molecule has 2 unspecified atom stereocenters. The molecule has 0 aliphatic heterocycles. The molecule has 0 aliphatic carbocycles. The van der Waals surface area contributed by atoms with Gasteiger partial charge in [-0.3, -0.25) is 9.59 Å². The number of hydrogen-bond acceptors (Lipinski definition) is 5. The van der Waals surface area contributed by atoms with Crippen LogP contribution >= 0.6 is 0 Å². The number of amides is 1. The second-order valence-electron chi connectivity index (χ2n) is 21.0. The highest BCUT2D eigenvalue weighted by Gasteiger charge is 2.20. The molecule has 0 bridgehead atoms. The van der Waals surface area contributed by atoms with Crippen molar-refractivity contribution in [2.24, 2.45) is 0 Å². The van der Waals surface area contributed by atoms with Crippen LogP contribution in [0.1, 0.15) is 328 Å². The highest BCUT2D eigenvalue weighted by atomic mass is 16.5. The molecule has 0 aliphatic rings. The number of ether oxygens (including phenoxy) is 1. The lowest BCUT2D eigenvalue weighted by Crippen LogP contribution is -2.45. The number of carbonyl (C=O) groups is 2. The number of esters is 1. The Morgan fingerprint density at radius 3 is 1.16 bits per heavy atom. The van der Waals surface area contributed by atoms with Crippen molar-refractivity contribution in [3.8, 4) is 0 Å². The molecule has 0 aromatic carbocycles. The molecular weight excluding hydrogens is 851 g/mol. The highest BCUT2D eigenvalue weighted by molar-refractivity contribution is 5.76. The number of carbonyl (C=O) groups excluding carboxylic acids is 2. The molecule has 0 rings (SSSR count). The van der Waals surface area contributed by atoms with Gasteiger partial charge in [0.25, 0.3) is 0 Å². The molecular formula is C63H119NO5. The molecule has 0 radical (unpaired) electrons. The monoisotopic (exact) mass is 970 g/mol. The summed E-state index contributed by atoms with van der Waals surface area (Å²) in [5.74, 6) is -0.135. The molecule has 0 spiro atoms. The van der Waals surface area contributed by atoms with Crippen molar-refractivity contribution in [2.45, 2.75) is 341 Å². The van der Waals surface area contributed by atoms with E-state index in [1.807, 2.05) is 0 Å². The molecule has 69 heavy (non-hydrogen) atoms. The molecule has 0 aromatic rings. The van der Waals surface area contributed by atoms with Gasteiger partial charge in [0, 0.05) is 12.8 Å². The Labute approximate surface area is 430 Å². The number of unbranched alkanes of at least 4 members (excludes halogenated alkanes) is 40. The van der Waals surface area contributed by atoms with E-state index in [1.165, 1.54) is 218 Å². The van der Waals surface area contributed by atoms with Crippen molar-refractivity contribution >= 4 is 11.9 Å². The first kappa shape index (κ1) is 67.1. The Hall–Kier alpha value is -1.92. The first-order chi connectivity index (χ1) is 34.0. The first-order valence-corrected chi connectivity index (χ1v) is 30.7. The van der Waals surface area contributed by atoms with Gasteiger partial charge >= 0.3 is 5.97 Å². The molecule has 6 heteroatoms. The van der Waals surface area contributed by atoms with E-state index < -0.39 is 12.1 Å². The van der Waals surface area contributed by atoms with Gasteiger partial charge in [-0.05, 0) is 77.0 Å². The molecule has 0 saturated carbocycles. The Morgan fingerprint density at radius 1 is 0.406 bits per heavy atom. The van der Waals surface area contributed by atoms with E-state index in [4.69, 9.17) is 4.74 Å². The number of hydrogen-bond donors (Lipinski definition) is 3. The largest absolute Gasteiger partial charge is 0.466 e. The molecule has 0 heterocycles. The van der Waals surface area contributed by atoms with Gasteiger partial charge in [-0.2, -0.15) is 0 Å². The zero-order valence-corrected chi connectivity index (χ0v) is 46.3. The fraction of sp³-hybridized carbons (Fsp3) is 0.873. The van der Waals surface area contributed by atoms with Crippen molar-refractivity contribution in [3.05, 3.63) is 36.5 Å². The van der Waals surface area contributed by atoms with Crippen molar-refractivity contribution in [2.75, 3.05) is 13.2 Å². The maximum atomic E-state index is 12.5. The molecule has 0 aromatic heterocycles. The molecule has 0 fully saturated rings. The first-order valence-electron chi connectivity index (χ1n) is 30.7. The van der Waals surface area contributed by atoms with Crippen molar-refractivity contribution < 1.29 is 24.5 Å². The summed E-state index contributed by atoms with van der Waals surface area (Å²) in [7, 11) is 0. The minimum atomic E-state index is -0.698. The van der Waals surface area contributed by atoms with Crippen LogP contribution in [0.5, 0.6) is 0 Å². The summed E-state index contributed by atoms with van der Waals surface area (Å²) in [4.78, 5) is 24.6. The van der Waals surface area contributed by atoms with Crippen LogP contribution in [0, 0.1) is 0 Å². The van der Waals surface area contributed by atoms with E-state index in [2.05, 4.69) is 55.6 Å². The number of aliphatic hydroxyl groups is 2. The fourth-order valence-corrected chi connectivity index (χ4v) is 9.44. The summed E-state index contributed by atoms with van der Waals surface area (Å²) in [5.41, 5.74) is 0. The number of nitrogens with one attached hydrogen (secondary N) is 1. The van der Waals surface area contributed by atoms with Gasteiger partial charge < -0.3 is 20.3 Å². The summed E-state index contributed by atoms with van der Waals surface area (Å²) in [6.07, 6.45) is 73.0. The third-order valence-corrected chi connectivity index (χ3v) is 14.2. The van der Waals surface area contributed by atoms with E-state index in [0.717, 1.165) is 77.0 Å². The van der Waals surface area contributed by atoms with E-state index in [9.17, 15) is 19.8 Å². The Morgan fingerprint density at radius 2 is 0.739 bits per heavy atom. The lowest BCUT2D eigenvalue weighted by molar-refractivity contribution is -0.143. The predicted octanol–water partition coefficient (Wildman–Crippen LogP) is 19.2. The van der Waals surface area contributed by atoms with Crippen LogP contribution in [0.25, 0.3) is 0 Å². The minimum Gasteiger partial charge on any atom is -0.466 e. The quantitative estimate of drug-likeness (QED) is 0.0321. The van der Waals surface area contributed by atoms with Gasteiger partial charge in [-0.1, -0.05) is 275 Å². The van der Waals surface area contributed by atoms with E-state index in [-0.39, 0.29) is 18.5 Å². The number of rotatable bonds is 57. The van der Waals surface area contributed by atoms with Gasteiger partial charge in [0.15, 0.2) is 0 Å². The Bertz CT molecular complexity index is 1120. The van der Waals surface area contributed by atoms with Crippen LogP contribution in [0.2, 0.25) is 0 Å². The summed E-state index contributed by atoms with van der Waals surface area (Å²) >= 11 is 0. The van der Waals surface area contributed by atoms with Crippen LogP contribution in [0.3, 0.4) is 0 Å². The third kappa shape index (κ3) is 55.2. The average Bonchev–Trinajstić information content (AvgIpc) is 3.35. The molecule has 3 N–H and O–H groups in total. The lowest BCUT2D eigenvalue weighted by atomic mass is 10.0. The molecule has 406 valence electrons. The van der Waals surface area contributed by atoms with Crippen LogP contribution in [0.15, 0.2) is 36.5 Å². The van der Waals surface area contributed by atoms with Crippen LogP contribution in [-0.2, 0) is 14.3 Å². The van der Waals surface area contributed by atoms with Crippen molar-refractivity contribution in [1.82, 2.24) is 5.32 Å². The summed E-state index contributed by atoms with van der Waals surface area (Å²) in [5, 5.41) is 23.3.